The molecular formula is C14H18Cl2N2O2. The average molecular weight is 317 g/mol. The Hall–Kier alpha value is -0.810. The quantitative estimate of drug-likeness (QED) is 0.722. The lowest BCUT2D eigenvalue weighted by molar-refractivity contribution is -0.120. The highest BCUT2D eigenvalue weighted by Crippen LogP contribution is 2.27. The van der Waals surface area contributed by atoms with Gasteiger partial charge in [0.05, 0.1) is 12.6 Å². The third kappa shape index (κ3) is 5.29. The molecule has 6 heteroatoms. The summed E-state index contributed by atoms with van der Waals surface area (Å²) >= 11 is 11.7. The van der Waals surface area contributed by atoms with Crippen molar-refractivity contribution >= 4 is 29.1 Å². The molecule has 0 spiro atoms. The number of amides is 1. The van der Waals surface area contributed by atoms with Crippen molar-refractivity contribution in [2.24, 2.45) is 5.92 Å². The first-order valence-corrected chi connectivity index (χ1v) is 7.41. The zero-order valence-corrected chi connectivity index (χ0v) is 12.5. The van der Waals surface area contributed by atoms with E-state index in [9.17, 15) is 9.90 Å². The van der Waals surface area contributed by atoms with E-state index in [1.807, 2.05) is 0 Å². The van der Waals surface area contributed by atoms with Crippen LogP contribution in [-0.4, -0.2) is 30.6 Å². The summed E-state index contributed by atoms with van der Waals surface area (Å²) in [5, 5.41) is 16.7. The molecule has 2 rings (SSSR count). The molecule has 0 aliphatic heterocycles. The molecule has 0 bridgehead atoms. The monoisotopic (exact) mass is 316 g/mol. The first-order valence-electron chi connectivity index (χ1n) is 6.66. The van der Waals surface area contributed by atoms with Crippen LogP contribution in [-0.2, 0) is 4.79 Å². The average Bonchev–Trinajstić information content (AvgIpc) is 3.19. The van der Waals surface area contributed by atoms with Gasteiger partial charge in [0.15, 0.2) is 0 Å². The number of rotatable bonds is 7. The minimum atomic E-state index is -0.821. The highest BCUT2D eigenvalue weighted by atomic mass is 35.5. The van der Waals surface area contributed by atoms with Gasteiger partial charge in [0, 0.05) is 16.6 Å². The Morgan fingerprint density at radius 3 is 2.55 bits per heavy atom. The van der Waals surface area contributed by atoms with Crippen molar-refractivity contribution < 1.29 is 9.90 Å². The zero-order chi connectivity index (χ0) is 14.5. The number of hydrogen-bond acceptors (Lipinski definition) is 3. The topological polar surface area (TPSA) is 61.4 Å². The highest BCUT2D eigenvalue weighted by molar-refractivity contribution is 6.34. The molecular weight excluding hydrogens is 299 g/mol. The summed E-state index contributed by atoms with van der Waals surface area (Å²) in [5.74, 6) is 0.611. The van der Waals surface area contributed by atoms with Crippen molar-refractivity contribution in [3.8, 4) is 0 Å². The number of halogens is 2. The van der Waals surface area contributed by atoms with Crippen molar-refractivity contribution in [1.82, 2.24) is 10.6 Å². The number of nitrogens with one attached hydrogen (secondary N) is 2. The van der Waals surface area contributed by atoms with E-state index in [-0.39, 0.29) is 19.0 Å². The van der Waals surface area contributed by atoms with E-state index in [0.29, 0.717) is 15.6 Å². The van der Waals surface area contributed by atoms with Crippen molar-refractivity contribution in [3.63, 3.8) is 0 Å². The summed E-state index contributed by atoms with van der Waals surface area (Å²) < 4.78 is 0. The molecule has 1 amide bonds. The van der Waals surface area contributed by atoms with E-state index in [4.69, 9.17) is 23.2 Å². The number of benzene rings is 1. The molecule has 0 saturated heterocycles. The maximum atomic E-state index is 11.6. The lowest BCUT2D eigenvalue weighted by atomic mass is 10.1. The normalized spacial score (nSPS) is 15.9. The Morgan fingerprint density at radius 2 is 1.95 bits per heavy atom. The van der Waals surface area contributed by atoms with Crippen LogP contribution in [0.3, 0.4) is 0 Å². The van der Waals surface area contributed by atoms with Crippen LogP contribution in [0.1, 0.15) is 24.5 Å². The first kappa shape index (κ1) is 15.6. The zero-order valence-electron chi connectivity index (χ0n) is 11.0. The maximum Gasteiger partial charge on any atom is 0.234 e. The van der Waals surface area contributed by atoms with Gasteiger partial charge in [0.25, 0.3) is 0 Å². The second-order valence-corrected chi connectivity index (χ2v) is 5.97. The smallest absolute Gasteiger partial charge is 0.234 e. The first-order chi connectivity index (χ1) is 9.54. The van der Waals surface area contributed by atoms with Crippen molar-refractivity contribution in [3.05, 3.63) is 33.8 Å². The Balaban J connectivity index is 1.72. The van der Waals surface area contributed by atoms with Gasteiger partial charge >= 0.3 is 0 Å². The van der Waals surface area contributed by atoms with Crippen LogP contribution in [0.5, 0.6) is 0 Å². The molecule has 1 saturated carbocycles. The molecule has 0 radical (unpaired) electrons. The predicted molar refractivity (Wildman–Crippen MR) is 80.0 cm³/mol. The summed E-state index contributed by atoms with van der Waals surface area (Å²) in [6.45, 7) is 1.31. The minimum Gasteiger partial charge on any atom is -0.387 e. The number of hydrogen-bond donors (Lipinski definition) is 3. The SMILES string of the molecule is O=C(CNCC1CC1)NCC(O)c1cc(Cl)cc(Cl)c1. The molecule has 1 aromatic rings. The molecule has 1 aliphatic carbocycles. The molecule has 0 aromatic heterocycles. The third-order valence-electron chi connectivity index (χ3n) is 3.18. The fraction of sp³-hybridized carbons (Fsp3) is 0.500. The minimum absolute atomic E-state index is 0.127. The summed E-state index contributed by atoms with van der Waals surface area (Å²) in [6.07, 6.45) is 1.68. The van der Waals surface area contributed by atoms with Crippen LogP contribution in [0.15, 0.2) is 18.2 Å². The Labute approximate surface area is 128 Å². The Kier molecular flexibility index (Phi) is 5.66. The van der Waals surface area contributed by atoms with Crippen LogP contribution in [0, 0.1) is 5.92 Å². The Bertz CT molecular complexity index is 458. The van der Waals surface area contributed by atoms with Gasteiger partial charge in [-0.3, -0.25) is 4.79 Å². The second kappa shape index (κ2) is 7.27. The number of carbonyl (C=O) groups excluding carboxylic acids is 1. The van der Waals surface area contributed by atoms with E-state index in [1.165, 1.54) is 12.8 Å². The molecule has 4 nitrogen and oxygen atoms in total. The lowest BCUT2D eigenvalue weighted by Crippen LogP contribution is -2.36. The molecule has 0 heterocycles. The van der Waals surface area contributed by atoms with Gasteiger partial charge in [0.2, 0.25) is 5.91 Å². The van der Waals surface area contributed by atoms with Crippen molar-refractivity contribution in [2.45, 2.75) is 18.9 Å². The van der Waals surface area contributed by atoms with Gasteiger partial charge in [-0.2, -0.15) is 0 Å². The molecule has 1 aromatic carbocycles. The van der Waals surface area contributed by atoms with Crippen LogP contribution in [0.2, 0.25) is 10.0 Å². The van der Waals surface area contributed by atoms with Crippen LogP contribution >= 0.6 is 23.2 Å². The Morgan fingerprint density at radius 1 is 1.30 bits per heavy atom. The van der Waals surface area contributed by atoms with E-state index < -0.39 is 6.10 Å². The number of aliphatic hydroxyl groups excluding tert-OH is 1. The fourth-order valence-electron chi connectivity index (χ4n) is 1.87. The molecule has 1 fully saturated rings. The summed E-state index contributed by atoms with van der Waals surface area (Å²) in [5.41, 5.74) is 0.591. The number of aliphatic hydroxyl groups is 1. The number of carbonyl (C=O) groups is 1. The second-order valence-electron chi connectivity index (χ2n) is 5.10. The van der Waals surface area contributed by atoms with Gasteiger partial charge < -0.3 is 15.7 Å². The van der Waals surface area contributed by atoms with Crippen LogP contribution < -0.4 is 10.6 Å². The summed E-state index contributed by atoms with van der Waals surface area (Å²) in [7, 11) is 0. The van der Waals surface area contributed by atoms with Crippen LogP contribution in [0.4, 0.5) is 0 Å². The summed E-state index contributed by atoms with van der Waals surface area (Å²) in [6, 6.07) is 4.87. The van der Waals surface area contributed by atoms with E-state index in [1.54, 1.807) is 18.2 Å². The van der Waals surface area contributed by atoms with Crippen molar-refractivity contribution in [1.29, 1.82) is 0 Å². The largest absolute Gasteiger partial charge is 0.387 e. The molecule has 3 N–H and O–H groups in total. The van der Waals surface area contributed by atoms with Gasteiger partial charge in [-0.15, -0.1) is 0 Å². The van der Waals surface area contributed by atoms with Gasteiger partial charge in [-0.1, -0.05) is 23.2 Å². The van der Waals surface area contributed by atoms with E-state index >= 15 is 0 Å². The van der Waals surface area contributed by atoms with E-state index in [0.717, 1.165) is 12.5 Å². The lowest BCUT2D eigenvalue weighted by Gasteiger charge is -2.13. The predicted octanol–water partition coefficient (Wildman–Crippen LogP) is 2.14. The standard InChI is InChI=1S/C14H18Cl2N2O2/c15-11-3-10(4-12(16)5-11)13(19)7-18-14(20)8-17-6-9-1-2-9/h3-5,9,13,17,19H,1-2,6-8H2,(H,18,20). The fourth-order valence-corrected chi connectivity index (χ4v) is 2.41. The summed E-state index contributed by atoms with van der Waals surface area (Å²) in [4.78, 5) is 11.6. The third-order valence-corrected chi connectivity index (χ3v) is 3.61. The molecule has 1 atom stereocenters. The molecule has 20 heavy (non-hydrogen) atoms. The van der Waals surface area contributed by atoms with Crippen LogP contribution in [0.25, 0.3) is 0 Å². The maximum absolute atomic E-state index is 11.6. The van der Waals surface area contributed by atoms with Gasteiger partial charge in [-0.05, 0) is 49.1 Å². The highest BCUT2D eigenvalue weighted by Gasteiger charge is 2.20. The van der Waals surface area contributed by atoms with Gasteiger partial charge in [0.1, 0.15) is 0 Å². The van der Waals surface area contributed by atoms with E-state index in [2.05, 4.69) is 10.6 Å². The molecule has 1 unspecified atom stereocenters. The van der Waals surface area contributed by atoms with Crippen molar-refractivity contribution in [2.75, 3.05) is 19.6 Å². The molecule has 110 valence electrons. The molecule has 1 aliphatic rings. The van der Waals surface area contributed by atoms with Gasteiger partial charge in [-0.25, -0.2) is 0 Å².